The Bertz CT molecular complexity index is 1170. The van der Waals surface area contributed by atoms with Crippen LogP contribution in [-0.2, 0) is 10.8 Å². The maximum Gasteiger partial charge on any atom is 0.0588 e. The maximum atomic E-state index is 2.33. The summed E-state index contributed by atoms with van der Waals surface area (Å²) in [6, 6.07) is 55.7. The monoisotopic (exact) mass is 452 g/mol. The van der Waals surface area contributed by atoms with Gasteiger partial charge in [0.2, 0.25) is 0 Å². The molecule has 0 saturated carbocycles. The zero-order valence-electron chi connectivity index (χ0n) is 20.3. The standard InChI is InChI=1S/C35H32/c1-2-28-34(29-18-8-3-9-19-29,30-20-10-4-11-21-30)35(31-22-12-5-13-23-31,32-24-14-6-15-25-32)33-26-16-7-17-27-33/h3-27H,2,28H2,1H3. The Morgan fingerprint density at radius 1 is 0.371 bits per heavy atom. The van der Waals surface area contributed by atoms with Crippen molar-refractivity contribution in [1.82, 2.24) is 0 Å². The van der Waals surface area contributed by atoms with Crippen molar-refractivity contribution in [2.24, 2.45) is 0 Å². The summed E-state index contributed by atoms with van der Waals surface area (Å²) in [6.07, 6.45) is 2.05. The fraction of sp³-hybridized carbons (Fsp3) is 0.143. The molecule has 0 aromatic heterocycles. The average molecular weight is 453 g/mol. The SMILES string of the molecule is CCCC(c1ccccc1)(c1ccccc1)C(c1ccccc1)(c1ccccc1)c1ccccc1. The van der Waals surface area contributed by atoms with Gasteiger partial charge in [0, 0.05) is 5.41 Å². The second-order valence-corrected chi connectivity index (χ2v) is 9.24. The predicted octanol–water partition coefficient (Wildman–Crippen LogP) is 8.81. The lowest BCUT2D eigenvalue weighted by atomic mass is 9.48. The van der Waals surface area contributed by atoms with E-state index in [1.807, 2.05) is 0 Å². The molecule has 0 fully saturated rings. The van der Waals surface area contributed by atoms with E-state index >= 15 is 0 Å². The van der Waals surface area contributed by atoms with E-state index < -0.39 is 5.41 Å². The quantitative estimate of drug-likeness (QED) is 0.206. The normalized spacial score (nSPS) is 11.8. The largest absolute Gasteiger partial charge is 0.0653 e. The van der Waals surface area contributed by atoms with Gasteiger partial charge in [-0.05, 0) is 34.2 Å². The van der Waals surface area contributed by atoms with E-state index in [0.29, 0.717) is 0 Å². The van der Waals surface area contributed by atoms with Gasteiger partial charge < -0.3 is 0 Å². The van der Waals surface area contributed by atoms with Gasteiger partial charge in [-0.3, -0.25) is 0 Å². The highest BCUT2D eigenvalue weighted by Gasteiger charge is 2.55. The van der Waals surface area contributed by atoms with Gasteiger partial charge in [-0.2, -0.15) is 0 Å². The zero-order chi connectivity index (χ0) is 24.0. The Morgan fingerprint density at radius 2 is 0.629 bits per heavy atom. The smallest absolute Gasteiger partial charge is 0.0588 e. The molecule has 5 aromatic rings. The lowest BCUT2D eigenvalue weighted by Crippen LogP contribution is -2.52. The predicted molar refractivity (Wildman–Crippen MR) is 148 cm³/mol. The summed E-state index contributed by atoms with van der Waals surface area (Å²) >= 11 is 0. The minimum atomic E-state index is -0.449. The van der Waals surface area contributed by atoms with Gasteiger partial charge in [0.15, 0.2) is 0 Å². The van der Waals surface area contributed by atoms with Crippen LogP contribution < -0.4 is 0 Å². The van der Waals surface area contributed by atoms with Crippen LogP contribution >= 0.6 is 0 Å². The van der Waals surface area contributed by atoms with Crippen molar-refractivity contribution in [3.8, 4) is 0 Å². The van der Waals surface area contributed by atoms with Crippen molar-refractivity contribution in [2.45, 2.75) is 30.6 Å². The number of hydrogen-bond acceptors (Lipinski definition) is 0. The van der Waals surface area contributed by atoms with E-state index in [-0.39, 0.29) is 5.41 Å². The fourth-order valence-corrected chi connectivity index (χ4v) is 6.20. The van der Waals surface area contributed by atoms with E-state index in [4.69, 9.17) is 0 Å². The molecule has 0 aliphatic carbocycles. The van der Waals surface area contributed by atoms with Crippen molar-refractivity contribution in [1.29, 1.82) is 0 Å². The van der Waals surface area contributed by atoms with Crippen LogP contribution in [0.15, 0.2) is 152 Å². The Labute approximate surface area is 209 Å². The Morgan fingerprint density at radius 3 is 0.886 bits per heavy atom. The molecule has 0 saturated heterocycles. The van der Waals surface area contributed by atoms with Crippen LogP contribution in [0, 0.1) is 0 Å². The third-order valence-electron chi connectivity index (χ3n) is 7.42. The van der Waals surface area contributed by atoms with Crippen LogP contribution in [0.1, 0.15) is 47.6 Å². The van der Waals surface area contributed by atoms with Gasteiger partial charge in [-0.15, -0.1) is 0 Å². The average Bonchev–Trinajstić information content (AvgIpc) is 2.95. The van der Waals surface area contributed by atoms with Gasteiger partial charge in [-0.1, -0.05) is 165 Å². The van der Waals surface area contributed by atoms with Crippen LogP contribution in [0.5, 0.6) is 0 Å². The topological polar surface area (TPSA) is 0 Å². The highest BCUT2D eigenvalue weighted by Crippen LogP contribution is 2.58. The summed E-state index contributed by atoms with van der Waals surface area (Å²) < 4.78 is 0. The first-order valence-corrected chi connectivity index (χ1v) is 12.6. The molecule has 5 rings (SSSR count). The Hall–Kier alpha value is -3.90. The second-order valence-electron chi connectivity index (χ2n) is 9.24. The molecule has 0 unspecified atom stereocenters. The zero-order valence-corrected chi connectivity index (χ0v) is 20.3. The maximum absolute atomic E-state index is 2.33. The molecule has 0 atom stereocenters. The molecule has 172 valence electrons. The first kappa shape index (κ1) is 22.9. The number of benzene rings is 5. The van der Waals surface area contributed by atoms with Crippen LogP contribution in [0.4, 0.5) is 0 Å². The third kappa shape index (κ3) is 3.80. The molecule has 5 aromatic carbocycles. The summed E-state index contributed by atoms with van der Waals surface area (Å²) in [4.78, 5) is 0. The molecule has 0 heteroatoms. The molecule has 0 nitrogen and oxygen atoms in total. The van der Waals surface area contributed by atoms with Crippen LogP contribution in [0.2, 0.25) is 0 Å². The summed E-state index contributed by atoms with van der Waals surface area (Å²) in [5.41, 5.74) is 5.80. The van der Waals surface area contributed by atoms with E-state index in [2.05, 4.69) is 159 Å². The fourth-order valence-electron chi connectivity index (χ4n) is 6.20. The van der Waals surface area contributed by atoms with Crippen molar-refractivity contribution >= 4 is 0 Å². The molecule has 0 aliphatic heterocycles. The molecule has 0 spiro atoms. The van der Waals surface area contributed by atoms with Crippen LogP contribution in [-0.4, -0.2) is 0 Å². The third-order valence-corrected chi connectivity index (χ3v) is 7.42. The molecule has 0 heterocycles. The van der Waals surface area contributed by atoms with Crippen molar-refractivity contribution in [3.63, 3.8) is 0 Å². The summed E-state index contributed by atoms with van der Waals surface area (Å²) in [6.45, 7) is 2.31. The molecular weight excluding hydrogens is 420 g/mol. The van der Waals surface area contributed by atoms with Gasteiger partial charge >= 0.3 is 0 Å². The van der Waals surface area contributed by atoms with Gasteiger partial charge in [0.25, 0.3) is 0 Å². The van der Waals surface area contributed by atoms with Crippen LogP contribution in [0.3, 0.4) is 0 Å². The van der Waals surface area contributed by atoms with Crippen molar-refractivity contribution in [3.05, 3.63) is 179 Å². The first-order valence-electron chi connectivity index (χ1n) is 12.6. The molecule has 0 N–H and O–H groups in total. The number of rotatable bonds is 8. The van der Waals surface area contributed by atoms with Gasteiger partial charge in [-0.25, -0.2) is 0 Å². The second kappa shape index (κ2) is 10.2. The van der Waals surface area contributed by atoms with Crippen LogP contribution in [0.25, 0.3) is 0 Å². The molecule has 0 aliphatic rings. The van der Waals surface area contributed by atoms with E-state index in [1.165, 1.54) is 27.8 Å². The molecule has 0 bridgehead atoms. The highest BCUT2D eigenvalue weighted by atomic mass is 14.6. The molecule has 0 amide bonds. The highest BCUT2D eigenvalue weighted by molar-refractivity contribution is 5.62. The lowest BCUT2D eigenvalue weighted by molar-refractivity contribution is 0.329. The van der Waals surface area contributed by atoms with E-state index in [1.54, 1.807) is 0 Å². The Balaban J connectivity index is 2.05. The number of hydrogen-bond donors (Lipinski definition) is 0. The lowest BCUT2D eigenvalue weighted by Gasteiger charge is -2.53. The molecule has 35 heavy (non-hydrogen) atoms. The van der Waals surface area contributed by atoms with Crippen molar-refractivity contribution < 1.29 is 0 Å². The van der Waals surface area contributed by atoms with Gasteiger partial charge in [0.1, 0.15) is 0 Å². The van der Waals surface area contributed by atoms with E-state index in [0.717, 1.165) is 12.8 Å². The molecule has 0 radical (unpaired) electrons. The minimum Gasteiger partial charge on any atom is -0.0653 e. The first-order chi connectivity index (χ1) is 17.3. The summed E-state index contributed by atoms with van der Waals surface area (Å²) in [5.74, 6) is 0. The van der Waals surface area contributed by atoms with Gasteiger partial charge in [0.05, 0.1) is 5.41 Å². The Kier molecular flexibility index (Phi) is 6.64. The summed E-state index contributed by atoms with van der Waals surface area (Å²) in [5, 5.41) is 0. The summed E-state index contributed by atoms with van der Waals surface area (Å²) in [7, 11) is 0. The minimum absolute atomic E-state index is 0.339. The molecular formula is C35H32. The van der Waals surface area contributed by atoms with E-state index in [9.17, 15) is 0 Å². The van der Waals surface area contributed by atoms with Crippen molar-refractivity contribution in [2.75, 3.05) is 0 Å².